The van der Waals surface area contributed by atoms with E-state index in [1.54, 1.807) is 24.3 Å². The van der Waals surface area contributed by atoms with Gasteiger partial charge in [-0.2, -0.15) is 5.10 Å². The fraction of sp³-hybridized carbons (Fsp3) is 0.111. The van der Waals surface area contributed by atoms with Crippen LogP contribution >= 0.6 is 0 Å². The summed E-state index contributed by atoms with van der Waals surface area (Å²) in [5.41, 5.74) is 0.859. The third-order valence-corrected chi connectivity index (χ3v) is 3.70. The monoisotopic (exact) mass is 337 g/mol. The van der Waals surface area contributed by atoms with Crippen LogP contribution in [0, 0.1) is 6.92 Å². The Morgan fingerprint density at radius 3 is 2.36 bits per heavy atom. The number of carboxylic acids is 1. The molecule has 0 aliphatic carbocycles. The van der Waals surface area contributed by atoms with Gasteiger partial charge in [-0.05, 0) is 25.1 Å². The Kier molecular flexibility index (Phi) is 4.30. The van der Waals surface area contributed by atoms with Crippen molar-refractivity contribution in [2.75, 3.05) is 5.32 Å². The van der Waals surface area contributed by atoms with Gasteiger partial charge in [0.15, 0.2) is 5.69 Å². The number of carbonyl (C=O) groups is 2. The van der Waals surface area contributed by atoms with Crippen LogP contribution in [-0.2, 0) is 11.3 Å². The number of amides is 1. The maximum atomic E-state index is 12.5. The van der Waals surface area contributed by atoms with Crippen LogP contribution in [0.5, 0.6) is 0 Å². The van der Waals surface area contributed by atoms with Gasteiger partial charge in [0.2, 0.25) is 5.91 Å². The number of aromatic nitrogens is 2. The molecular formula is C18H15N3O4. The summed E-state index contributed by atoms with van der Waals surface area (Å²) in [5, 5.41) is 16.3. The summed E-state index contributed by atoms with van der Waals surface area (Å²) >= 11 is 0. The quantitative estimate of drug-likeness (QED) is 0.758. The Labute approximate surface area is 142 Å². The van der Waals surface area contributed by atoms with E-state index < -0.39 is 17.4 Å². The molecule has 2 N–H and O–H groups in total. The first-order chi connectivity index (χ1) is 12.0. The third kappa shape index (κ3) is 3.40. The predicted octanol–water partition coefficient (Wildman–Crippen LogP) is 2.04. The van der Waals surface area contributed by atoms with Crippen molar-refractivity contribution >= 4 is 28.3 Å². The molecule has 0 aliphatic heterocycles. The average molecular weight is 337 g/mol. The van der Waals surface area contributed by atoms with E-state index in [-0.39, 0.29) is 23.0 Å². The van der Waals surface area contributed by atoms with Crippen molar-refractivity contribution in [2.24, 2.45) is 0 Å². The fourth-order valence-electron chi connectivity index (χ4n) is 2.47. The van der Waals surface area contributed by atoms with Gasteiger partial charge in [0.25, 0.3) is 5.56 Å². The molecule has 0 aliphatic rings. The molecule has 126 valence electrons. The van der Waals surface area contributed by atoms with Gasteiger partial charge in [-0.15, -0.1) is 0 Å². The number of carboxylic acid groups (broad SMARTS) is 1. The highest BCUT2D eigenvalue weighted by molar-refractivity contribution is 6.01. The molecule has 0 fully saturated rings. The van der Waals surface area contributed by atoms with Gasteiger partial charge < -0.3 is 10.4 Å². The maximum absolute atomic E-state index is 12.5. The molecule has 7 nitrogen and oxygen atoms in total. The molecule has 3 rings (SSSR count). The van der Waals surface area contributed by atoms with Crippen LogP contribution in [0.15, 0.2) is 53.3 Å². The van der Waals surface area contributed by atoms with Gasteiger partial charge in [-0.3, -0.25) is 9.59 Å². The summed E-state index contributed by atoms with van der Waals surface area (Å²) in [6.07, 6.45) is 0. The molecular weight excluding hydrogens is 322 g/mol. The summed E-state index contributed by atoms with van der Waals surface area (Å²) in [6.45, 7) is 1.55. The van der Waals surface area contributed by atoms with E-state index >= 15 is 0 Å². The van der Waals surface area contributed by atoms with Crippen molar-refractivity contribution < 1.29 is 14.7 Å². The number of aromatic carboxylic acids is 1. The number of hydrogen-bond acceptors (Lipinski definition) is 4. The molecule has 0 radical (unpaired) electrons. The second kappa shape index (κ2) is 6.56. The highest BCUT2D eigenvalue weighted by Crippen LogP contribution is 2.13. The van der Waals surface area contributed by atoms with Crippen LogP contribution in [0.2, 0.25) is 0 Å². The summed E-state index contributed by atoms with van der Waals surface area (Å²) in [5.74, 6) is -1.73. The number of fused-ring (bicyclic) bond motifs is 1. The number of aryl methyl sites for hydroxylation is 1. The zero-order valence-corrected chi connectivity index (χ0v) is 13.4. The molecule has 0 saturated heterocycles. The van der Waals surface area contributed by atoms with Crippen molar-refractivity contribution in [3.05, 3.63) is 70.1 Å². The van der Waals surface area contributed by atoms with E-state index in [1.807, 2.05) is 19.1 Å². The van der Waals surface area contributed by atoms with Crippen LogP contribution in [-0.4, -0.2) is 26.8 Å². The number of rotatable bonds is 4. The Morgan fingerprint density at radius 1 is 1.08 bits per heavy atom. The molecule has 2 aromatic carbocycles. The number of nitrogens with zero attached hydrogens (tertiary/aromatic N) is 2. The standard InChI is InChI=1S/C18H15N3O4/c1-11-6-8-12(9-7-11)19-15(22)10-21-17(23)14-5-3-2-4-13(14)16(20-21)18(24)25/h2-9H,10H2,1H3,(H,19,22)(H,24,25). The van der Waals surface area contributed by atoms with Crippen LogP contribution < -0.4 is 10.9 Å². The van der Waals surface area contributed by atoms with Gasteiger partial charge in [0.1, 0.15) is 6.54 Å². The summed E-state index contributed by atoms with van der Waals surface area (Å²) in [4.78, 5) is 36.1. The first-order valence-corrected chi connectivity index (χ1v) is 7.55. The van der Waals surface area contributed by atoms with Crippen molar-refractivity contribution in [1.29, 1.82) is 0 Å². The Bertz CT molecular complexity index is 1020. The highest BCUT2D eigenvalue weighted by atomic mass is 16.4. The van der Waals surface area contributed by atoms with E-state index in [0.717, 1.165) is 10.2 Å². The zero-order chi connectivity index (χ0) is 18.0. The number of benzene rings is 2. The lowest BCUT2D eigenvalue weighted by Gasteiger charge is -2.09. The average Bonchev–Trinajstić information content (AvgIpc) is 2.59. The van der Waals surface area contributed by atoms with Gasteiger partial charge in [-0.1, -0.05) is 35.9 Å². The molecule has 1 amide bonds. The molecule has 1 heterocycles. The molecule has 0 atom stereocenters. The molecule has 0 unspecified atom stereocenters. The topological polar surface area (TPSA) is 101 Å². The number of carbonyl (C=O) groups excluding carboxylic acids is 1. The van der Waals surface area contributed by atoms with Crippen molar-refractivity contribution in [2.45, 2.75) is 13.5 Å². The van der Waals surface area contributed by atoms with Crippen LogP contribution in [0.1, 0.15) is 16.1 Å². The highest BCUT2D eigenvalue weighted by Gasteiger charge is 2.17. The lowest BCUT2D eigenvalue weighted by Crippen LogP contribution is -2.31. The summed E-state index contributed by atoms with van der Waals surface area (Å²) in [7, 11) is 0. The zero-order valence-electron chi connectivity index (χ0n) is 13.4. The SMILES string of the molecule is Cc1ccc(NC(=O)Cn2nc(C(=O)O)c3ccccc3c2=O)cc1. The Hall–Kier alpha value is -3.48. The normalized spacial score (nSPS) is 10.6. The first-order valence-electron chi connectivity index (χ1n) is 7.55. The van der Waals surface area contributed by atoms with Gasteiger partial charge in [0, 0.05) is 11.1 Å². The Balaban J connectivity index is 1.94. The van der Waals surface area contributed by atoms with E-state index in [1.165, 1.54) is 12.1 Å². The number of hydrogen-bond donors (Lipinski definition) is 2. The lowest BCUT2D eigenvalue weighted by atomic mass is 10.1. The molecule has 3 aromatic rings. The van der Waals surface area contributed by atoms with Crippen molar-refractivity contribution in [1.82, 2.24) is 9.78 Å². The fourth-order valence-corrected chi connectivity index (χ4v) is 2.47. The molecule has 1 aromatic heterocycles. The van der Waals surface area contributed by atoms with E-state index in [0.29, 0.717) is 5.69 Å². The van der Waals surface area contributed by atoms with Gasteiger partial charge >= 0.3 is 5.97 Å². The minimum Gasteiger partial charge on any atom is -0.476 e. The van der Waals surface area contributed by atoms with Gasteiger partial charge in [0.05, 0.1) is 5.39 Å². The predicted molar refractivity (Wildman–Crippen MR) is 92.8 cm³/mol. The van der Waals surface area contributed by atoms with E-state index in [2.05, 4.69) is 10.4 Å². The molecule has 0 spiro atoms. The minimum atomic E-state index is -1.26. The van der Waals surface area contributed by atoms with Crippen LogP contribution in [0.4, 0.5) is 5.69 Å². The third-order valence-electron chi connectivity index (χ3n) is 3.70. The molecule has 0 saturated carbocycles. The van der Waals surface area contributed by atoms with Crippen LogP contribution in [0.25, 0.3) is 10.8 Å². The minimum absolute atomic E-state index is 0.207. The second-order valence-electron chi connectivity index (χ2n) is 5.58. The first kappa shape index (κ1) is 16.4. The molecule has 25 heavy (non-hydrogen) atoms. The number of anilines is 1. The largest absolute Gasteiger partial charge is 0.476 e. The van der Waals surface area contributed by atoms with Crippen molar-refractivity contribution in [3.8, 4) is 0 Å². The number of nitrogens with one attached hydrogen (secondary N) is 1. The van der Waals surface area contributed by atoms with Crippen LogP contribution in [0.3, 0.4) is 0 Å². The summed E-state index contributed by atoms with van der Waals surface area (Å²) in [6, 6.07) is 13.5. The van der Waals surface area contributed by atoms with E-state index in [4.69, 9.17) is 0 Å². The smallest absolute Gasteiger partial charge is 0.357 e. The maximum Gasteiger partial charge on any atom is 0.357 e. The molecule has 0 bridgehead atoms. The van der Waals surface area contributed by atoms with Crippen molar-refractivity contribution in [3.63, 3.8) is 0 Å². The second-order valence-corrected chi connectivity index (χ2v) is 5.58. The van der Waals surface area contributed by atoms with E-state index in [9.17, 15) is 19.5 Å². The van der Waals surface area contributed by atoms with Gasteiger partial charge in [-0.25, -0.2) is 9.48 Å². The Morgan fingerprint density at radius 2 is 1.72 bits per heavy atom. The lowest BCUT2D eigenvalue weighted by molar-refractivity contribution is -0.117. The molecule has 7 heteroatoms. The summed E-state index contributed by atoms with van der Waals surface area (Å²) < 4.78 is 0.870.